The molecule has 0 saturated carbocycles. The van der Waals surface area contributed by atoms with Crippen LogP contribution in [0.25, 0.3) is 0 Å². The van der Waals surface area contributed by atoms with Gasteiger partial charge in [0.15, 0.2) is 0 Å². The first-order valence-corrected chi connectivity index (χ1v) is 13.4. The molecule has 0 bridgehead atoms. The summed E-state index contributed by atoms with van der Waals surface area (Å²) in [4.78, 5) is 23.3. The van der Waals surface area contributed by atoms with Gasteiger partial charge in [-0.1, -0.05) is 111 Å². The lowest BCUT2D eigenvalue weighted by atomic mass is 10.1. The molecule has 0 saturated heterocycles. The summed E-state index contributed by atoms with van der Waals surface area (Å²) < 4.78 is 10.5. The van der Waals surface area contributed by atoms with Gasteiger partial charge >= 0.3 is 11.9 Å². The summed E-state index contributed by atoms with van der Waals surface area (Å²) in [5, 5.41) is 0. The van der Waals surface area contributed by atoms with Crippen LogP contribution in [0.15, 0.2) is 0 Å². The maximum atomic E-state index is 11.8. The van der Waals surface area contributed by atoms with Crippen molar-refractivity contribution in [2.75, 3.05) is 13.2 Å². The van der Waals surface area contributed by atoms with Gasteiger partial charge in [0.1, 0.15) is 0 Å². The van der Waals surface area contributed by atoms with Crippen LogP contribution in [0.1, 0.15) is 143 Å². The standard InChI is InChI=1S/C27H52O4/c1-4-5-6-7-8-9-10-11-14-17-20-23-30-26(28)21-18-15-12-13-16-19-22-27(29)31-24-25(2)3/h25H,4-24H2,1-3H3. The summed E-state index contributed by atoms with van der Waals surface area (Å²) in [6.45, 7) is 7.46. The molecule has 0 unspecified atom stereocenters. The highest BCUT2D eigenvalue weighted by molar-refractivity contribution is 5.69. The van der Waals surface area contributed by atoms with E-state index in [1.54, 1.807) is 0 Å². The molecule has 0 N–H and O–H groups in total. The fourth-order valence-corrected chi connectivity index (χ4v) is 3.60. The number of carbonyl (C=O) groups is 2. The summed E-state index contributed by atoms with van der Waals surface area (Å²) in [6.07, 6.45) is 21.6. The van der Waals surface area contributed by atoms with Crippen LogP contribution >= 0.6 is 0 Å². The zero-order valence-electron chi connectivity index (χ0n) is 21.1. The molecule has 0 heterocycles. The Kier molecular flexibility index (Phi) is 22.8. The van der Waals surface area contributed by atoms with E-state index in [-0.39, 0.29) is 11.9 Å². The van der Waals surface area contributed by atoms with Gasteiger partial charge < -0.3 is 9.47 Å². The van der Waals surface area contributed by atoms with Crippen LogP contribution in [0.2, 0.25) is 0 Å². The molecule has 4 heteroatoms. The van der Waals surface area contributed by atoms with E-state index in [0.29, 0.717) is 32.0 Å². The molecule has 0 spiro atoms. The van der Waals surface area contributed by atoms with Crippen LogP contribution in [-0.4, -0.2) is 25.2 Å². The summed E-state index contributed by atoms with van der Waals surface area (Å²) in [5.41, 5.74) is 0. The molecule has 0 fully saturated rings. The van der Waals surface area contributed by atoms with Crippen molar-refractivity contribution in [3.63, 3.8) is 0 Å². The molecule has 31 heavy (non-hydrogen) atoms. The molecule has 0 aliphatic heterocycles. The molecule has 0 aromatic heterocycles. The van der Waals surface area contributed by atoms with Gasteiger partial charge in [-0.2, -0.15) is 0 Å². The monoisotopic (exact) mass is 440 g/mol. The second-order valence-electron chi connectivity index (χ2n) is 9.45. The van der Waals surface area contributed by atoms with Gasteiger partial charge in [-0.05, 0) is 25.2 Å². The Morgan fingerprint density at radius 3 is 1.39 bits per heavy atom. The zero-order valence-corrected chi connectivity index (χ0v) is 21.1. The van der Waals surface area contributed by atoms with Crippen LogP contribution < -0.4 is 0 Å². The van der Waals surface area contributed by atoms with E-state index >= 15 is 0 Å². The molecule has 0 aromatic carbocycles. The minimum atomic E-state index is -0.0748. The Hall–Kier alpha value is -1.06. The highest BCUT2D eigenvalue weighted by atomic mass is 16.5. The first-order valence-electron chi connectivity index (χ1n) is 13.4. The average Bonchev–Trinajstić information content (AvgIpc) is 2.74. The van der Waals surface area contributed by atoms with Crippen LogP contribution in [0.3, 0.4) is 0 Å². The number of esters is 2. The van der Waals surface area contributed by atoms with Gasteiger partial charge in [-0.15, -0.1) is 0 Å². The van der Waals surface area contributed by atoms with Gasteiger partial charge in [0, 0.05) is 12.8 Å². The molecule has 0 aliphatic carbocycles. The molecule has 184 valence electrons. The van der Waals surface area contributed by atoms with Crippen LogP contribution in [0.5, 0.6) is 0 Å². The summed E-state index contributed by atoms with van der Waals surface area (Å²) in [6, 6.07) is 0. The lowest BCUT2D eigenvalue weighted by Crippen LogP contribution is -2.09. The van der Waals surface area contributed by atoms with E-state index in [1.807, 2.05) is 13.8 Å². The third-order valence-corrected chi connectivity index (χ3v) is 5.60. The zero-order chi connectivity index (χ0) is 23.0. The highest BCUT2D eigenvalue weighted by Gasteiger charge is 2.05. The largest absolute Gasteiger partial charge is 0.466 e. The maximum Gasteiger partial charge on any atom is 0.305 e. The molecular formula is C27H52O4. The molecule has 0 aliphatic rings. The minimum absolute atomic E-state index is 0.0417. The van der Waals surface area contributed by atoms with E-state index in [9.17, 15) is 9.59 Å². The van der Waals surface area contributed by atoms with Crippen LogP contribution in [0, 0.1) is 5.92 Å². The Morgan fingerprint density at radius 2 is 0.935 bits per heavy atom. The third-order valence-electron chi connectivity index (χ3n) is 5.60. The lowest BCUT2D eigenvalue weighted by Gasteiger charge is -2.07. The van der Waals surface area contributed by atoms with Crippen molar-refractivity contribution in [3.8, 4) is 0 Å². The Balaban J connectivity index is 3.24. The third kappa shape index (κ3) is 25.1. The van der Waals surface area contributed by atoms with Gasteiger partial charge in [0.25, 0.3) is 0 Å². The molecular weight excluding hydrogens is 388 g/mol. The summed E-state index contributed by atoms with van der Waals surface area (Å²) in [5.74, 6) is 0.282. The normalized spacial score (nSPS) is 11.1. The summed E-state index contributed by atoms with van der Waals surface area (Å²) in [7, 11) is 0. The fourth-order valence-electron chi connectivity index (χ4n) is 3.60. The SMILES string of the molecule is CCCCCCCCCCCCCOC(=O)CCCCCCCCC(=O)OCC(C)C. The van der Waals surface area contributed by atoms with E-state index in [4.69, 9.17) is 9.47 Å². The van der Waals surface area contributed by atoms with Gasteiger partial charge in [0.05, 0.1) is 13.2 Å². The Morgan fingerprint density at radius 1 is 0.548 bits per heavy atom. The quantitative estimate of drug-likeness (QED) is 0.119. The predicted octanol–water partition coefficient (Wildman–Crippen LogP) is 8.16. The first-order chi connectivity index (χ1) is 15.1. The second kappa shape index (κ2) is 23.6. The second-order valence-corrected chi connectivity index (χ2v) is 9.45. The maximum absolute atomic E-state index is 11.8. The minimum Gasteiger partial charge on any atom is -0.466 e. The molecule has 0 radical (unpaired) electrons. The van der Waals surface area contributed by atoms with Crippen molar-refractivity contribution >= 4 is 11.9 Å². The van der Waals surface area contributed by atoms with Crippen molar-refractivity contribution < 1.29 is 19.1 Å². The van der Waals surface area contributed by atoms with E-state index in [2.05, 4.69) is 6.92 Å². The van der Waals surface area contributed by atoms with Crippen LogP contribution in [-0.2, 0) is 19.1 Å². The predicted molar refractivity (Wildman–Crippen MR) is 130 cm³/mol. The Bertz CT molecular complexity index is 406. The number of ether oxygens (including phenoxy) is 2. The van der Waals surface area contributed by atoms with E-state index < -0.39 is 0 Å². The Labute approximate surface area is 193 Å². The number of hydrogen-bond donors (Lipinski definition) is 0. The molecule has 0 amide bonds. The number of unbranched alkanes of at least 4 members (excludes halogenated alkanes) is 15. The molecule has 0 rings (SSSR count). The van der Waals surface area contributed by atoms with Crippen LogP contribution in [0.4, 0.5) is 0 Å². The van der Waals surface area contributed by atoms with Crippen molar-refractivity contribution in [1.82, 2.24) is 0 Å². The topological polar surface area (TPSA) is 52.6 Å². The van der Waals surface area contributed by atoms with E-state index in [1.165, 1.54) is 64.2 Å². The highest BCUT2D eigenvalue weighted by Crippen LogP contribution is 2.12. The van der Waals surface area contributed by atoms with E-state index in [0.717, 1.165) is 44.9 Å². The van der Waals surface area contributed by atoms with Gasteiger partial charge in [0.2, 0.25) is 0 Å². The van der Waals surface area contributed by atoms with Crippen molar-refractivity contribution in [3.05, 3.63) is 0 Å². The molecule has 0 aromatic rings. The van der Waals surface area contributed by atoms with Crippen molar-refractivity contribution in [1.29, 1.82) is 0 Å². The summed E-state index contributed by atoms with van der Waals surface area (Å²) >= 11 is 0. The molecule has 4 nitrogen and oxygen atoms in total. The van der Waals surface area contributed by atoms with Crippen molar-refractivity contribution in [2.24, 2.45) is 5.92 Å². The van der Waals surface area contributed by atoms with Crippen molar-refractivity contribution in [2.45, 2.75) is 143 Å². The van der Waals surface area contributed by atoms with Gasteiger partial charge in [-0.25, -0.2) is 0 Å². The smallest absolute Gasteiger partial charge is 0.305 e. The van der Waals surface area contributed by atoms with Gasteiger partial charge in [-0.3, -0.25) is 9.59 Å². The number of rotatable bonds is 23. The number of hydrogen-bond acceptors (Lipinski definition) is 4. The average molecular weight is 441 g/mol. The fraction of sp³-hybridized carbons (Fsp3) is 0.926. The number of carbonyl (C=O) groups excluding carboxylic acids is 2. The first kappa shape index (κ1) is 29.9. The molecule has 0 atom stereocenters. The lowest BCUT2D eigenvalue weighted by molar-refractivity contribution is -0.145.